The molecule has 0 spiro atoms. The van der Waals surface area contributed by atoms with E-state index in [-0.39, 0.29) is 4.72 Å². The van der Waals surface area contributed by atoms with Gasteiger partial charge in [0.2, 0.25) is 5.92 Å². The third-order valence-electron chi connectivity index (χ3n) is 1.14. The monoisotopic (exact) mass is 277 g/mol. The summed E-state index contributed by atoms with van der Waals surface area (Å²) in [5.74, 6) is -7.66. The molecular weight excluding hydrogens is 275 g/mol. The molecule has 0 aromatic heterocycles. The first-order chi connectivity index (χ1) is 6.75. The molecule has 12 heteroatoms. The zero-order valence-electron chi connectivity index (χ0n) is 6.86. The summed E-state index contributed by atoms with van der Waals surface area (Å²) in [5.41, 5.74) is 0. The molecule has 0 saturated carbocycles. The molecule has 0 radical (unpaired) electrons. The molecule has 0 aliphatic carbocycles. The number of rotatable bonds is 2. The molecule has 0 heterocycles. The lowest BCUT2D eigenvalue weighted by molar-refractivity contribution is -0.273. The smallest absolute Gasteiger partial charge is 0.273 e. The lowest BCUT2D eigenvalue weighted by atomic mass is 10.1. The Balaban J connectivity index is 5.18. The predicted octanol–water partition coefficient (Wildman–Crippen LogP) is 1.06. The Labute approximate surface area is 83.8 Å². The first-order valence-corrected chi connectivity index (χ1v) is 4.53. The molecule has 0 saturated heterocycles. The van der Waals surface area contributed by atoms with Crippen molar-refractivity contribution in [1.82, 2.24) is 4.72 Å². The minimum atomic E-state index is -6.08. The SMILES string of the molecule is O=C(NS(=O)(=O)F)C(C(F)(F)F)C(F)(F)F. The van der Waals surface area contributed by atoms with Crippen molar-refractivity contribution in [2.75, 3.05) is 0 Å². The fraction of sp³-hybridized carbons (Fsp3) is 0.750. The second-order valence-corrected chi connectivity index (χ2v) is 3.50. The van der Waals surface area contributed by atoms with Crippen molar-refractivity contribution < 1.29 is 43.4 Å². The summed E-state index contributed by atoms with van der Waals surface area (Å²) in [4.78, 5) is 10.3. The van der Waals surface area contributed by atoms with E-state index in [2.05, 4.69) is 0 Å². The first kappa shape index (κ1) is 14.9. The fourth-order valence-electron chi connectivity index (χ4n) is 0.662. The normalized spacial score (nSPS) is 14.0. The maximum absolute atomic E-state index is 11.7. The Kier molecular flexibility index (Phi) is 3.79. The van der Waals surface area contributed by atoms with E-state index in [9.17, 15) is 43.4 Å². The summed E-state index contributed by atoms with van der Waals surface area (Å²) in [5, 5.41) is 0. The maximum Gasteiger partial charge on any atom is 0.409 e. The van der Waals surface area contributed by atoms with Crippen LogP contribution in [0.1, 0.15) is 0 Å². The third kappa shape index (κ3) is 4.63. The zero-order chi connectivity index (χ0) is 13.4. The van der Waals surface area contributed by atoms with Crippen LogP contribution in [0.3, 0.4) is 0 Å². The molecule has 0 bridgehead atoms. The highest BCUT2D eigenvalue weighted by atomic mass is 32.3. The molecular formula is C4H2F7NO3S. The van der Waals surface area contributed by atoms with Gasteiger partial charge in [-0.3, -0.25) is 4.79 Å². The lowest BCUT2D eigenvalue weighted by Crippen LogP contribution is -2.48. The molecule has 0 aromatic rings. The summed E-state index contributed by atoms with van der Waals surface area (Å²) < 4.78 is 101. The molecule has 16 heavy (non-hydrogen) atoms. The lowest BCUT2D eigenvalue weighted by Gasteiger charge is -2.20. The number of halogens is 7. The van der Waals surface area contributed by atoms with Crippen LogP contribution in [0.4, 0.5) is 30.2 Å². The molecule has 4 nitrogen and oxygen atoms in total. The summed E-state index contributed by atoms with van der Waals surface area (Å²) in [6.45, 7) is 0. The Morgan fingerprint density at radius 2 is 1.31 bits per heavy atom. The van der Waals surface area contributed by atoms with Crippen LogP contribution in [0, 0.1) is 5.92 Å². The van der Waals surface area contributed by atoms with Crippen molar-refractivity contribution in [3.63, 3.8) is 0 Å². The van der Waals surface area contributed by atoms with Crippen molar-refractivity contribution in [2.45, 2.75) is 12.4 Å². The molecule has 0 fully saturated rings. The summed E-state index contributed by atoms with van der Waals surface area (Å²) in [6.07, 6.45) is -12.2. The van der Waals surface area contributed by atoms with Crippen molar-refractivity contribution >= 4 is 16.3 Å². The maximum atomic E-state index is 11.7. The van der Waals surface area contributed by atoms with Gasteiger partial charge in [-0.1, -0.05) is 3.89 Å². The first-order valence-electron chi connectivity index (χ1n) is 3.15. The largest absolute Gasteiger partial charge is 0.409 e. The van der Waals surface area contributed by atoms with Crippen molar-refractivity contribution in [1.29, 1.82) is 0 Å². The van der Waals surface area contributed by atoms with Gasteiger partial charge in [-0.2, -0.15) is 34.8 Å². The van der Waals surface area contributed by atoms with Gasteiger partial charge in [-0.25, -0.2) is 4.72 Å². The molecule has 0 unspecified atom stereocenters. The van der Waals surface area contributed by atoms with Crippen LogP contribution < -0.4 is 4.72 Å². The van der Waals surface area contributed by atoms with Crippen LogP contribution in [0.5, 0.6) is 0 Å². The number of nitrogens with one attached hydrogen (secondary N) is 1. The van der Waals surface area contributed by atoms with E-state index in [1.165, 1.54) is 0 Å². The molecule has 96 valence electrons. The van der Waals surface area contributed by atoms with Crippen LogP contribution in [0.2, 0.25) is 0 Å². The van der Waals surface area contributed by atoms with E-state index >= 15 is 0 Å². The molecule has 0 aliphatic heterocycles. The Bertz CT molecular complexity index is 354. The van der Waals surface area contributed by atoms with E-state index in [1.54, 1.807) is 0 Å². The standard InChI is InChI=1S/C4H2F7NO3S/c5-3(6,7)1(4(8,9)10)2(13)12-16(11,14)15/h1H,(H,12,13). The van der Waals surface area contributed by atoms with Gasteiger partial charge in [0.25, 0.3) is 5.91 Å². The number of hydrogen-bond acceptors (Lipinski definition) is 3. The van der Waals surface area contributed by atoms with Gasteiger partial charge in [0.15, 0.2) is 0 Å². The number of alkyl halides is 6. The summed E-state index contributed by atoms with van der Waals surface area (Å²) in [7, 11) is -5.99. The van der Waals surface area contributed by atoms with E-state index in [1.807, 2.05) is 0 Å². The number of carbonyl (C=O) groups excluding carboxylic acids is 1. The van der Waals surface area contributed by atoms with Crippen LogP contribution in [0.25, 0.3) is 0 Å². The number of carbonyl (C=O) groups is 1. The minimum Gasteiger partial charge on any atom is -0.273 e. The molecule has 0 aliphatic rings. The molecule has 0 aromatic carbocycles. The average Bonchev–Trinajstić information content (AvgIpc) is 1.70. The summed E-state index contributed by atoms with van der Waals surface area (Å²) >= 11 is 0. The molecule has 0 atom stereocenters. The number of hydrogen-bond donors (Lipinski definition) is 1. The van der Waals surface area contributed by atoms with Crippen LogP contribution in [0.15, 0.2) is 0 Å². The summed E-state index contributed by atoms with van der Waals surface area (Å²) in [6, 6.07) is 0. The topological polar surface area (TPSA) is 63.2 Å². The van der Waals surface area contributed by atoms with Gasteiger partial charge in [-0.05, 0) is 0 Å². The van der Waals surface area contributed by atoms with Gasteiger partial charge in [0.1, 0.15) is 0 Å². The highest BCUT2D eigenvalue weighted by Gasteiger charge is 2.61. The quantitative estimate of drug-likeness (QED) is 0.606. The Hall–Kier alpha value is -1.07. The van der Waals surface area contributed by atoms with Gasteiger partial charge < -0.3 is 0 Å². The Morgan fingerprint density at radius 3 is 1.50 bits per heavy atom. The van der Waals surface area contributed by atoms with Crippen molar-refractivity contribution in [2.24, 2.45) is 5.92 Å². The highest BCUT2D eigenvalue weighted by Crippen LogP contribution is 2.39. The number of amides is 1. The van der Waals surface area contributed by atoms with Crippen molar-refractivity contribution in [3.05, 3.63) is 0 Å². The third-order valence-corrected chi connectivity index (χ3v) is 1.58. The second kappa shape index (κ2) is 4.07. The van der Waals surface area contributed by atoms with Gasteiger partial charge in [0.05, 0.1) is 0 Å². The minimum absolute atomic E-state index is 0.0411. The van der Waals surface area contributed by atoms with Crippen molar-refractivity contribution in [3.8, 4) is 0 Å². The van der Waals surface area contributed by atoms with E-state index in [0.717, 1.165) is 0 Å². The van der Waals surface area contributed by atoms with Gasteiger partial charge in [0, 0.05) is 0 Å². The Morgan fingerprint density at radius 1 is 1.00 bits per heavy atom. The average molecular weight is 277 g/mol. The molecule has 0 rings (SSSR count). The molecule has 1 amide bonds. The highest BCUT2D eigenvalue weighted by molar-refractivity contribution is 7.84. The van der Waals surface area contributed by atoms with E-state index < -0.39 is 34.6 Å². The van der Waals surface area contributed by atoms with Crippen LogP contribution in [-0.4, -0.2) is 26.7 Å². The molecule has 1 N–H and O–H groups in total. The van der Waals surface area contributed by atoms with Gasteiger partial charge in [-0.15, -0.1) is 0 Å². The fourth-order valence-corrected chi connectivity index (χ4v) is 1.02. The van der Waals surface area contributed by atoms with Crippen LogP contribution in [-0.2, 0) is 15.2 Å². The second-order valence-electron chi connectivity index (χ2n) is 2.42. The van der Waals surface area contributed by atoms with Gasteiger partial charge >= 0.3 is 22.8 Å². The zero-order valence-corrected chi connectivity index (χ0v) is 7.67. The predicted molar refractivity (Wildman–Crippen MR) is 33.8 cm³/mol. The van der Waals surface area contributed by atoms with Crippen LogP contribution >= 0.6 is 0 Å². The van der Waals surface area contributed by atoms with E-state index in [0.29, 0.717) is 0 Å². The van der Waals surface area contributed by atoms with E-state index in [4.69, 9.17) is 0 Å².